The van der Waals surface area contributed by atoms with E-state index >= 15 is 0 Å². The van der Waals surface area contributed by atoms with Gasteiger partial charge in [0.05, 0.1) is 18.1 Å². The molecule has 1 amide bonds. The summed E-state index contributed by atoms with van der Waals surface area (Å²) in [5.41, 5.74) is 1.13. The van der Waals surface area contributed by atoms with Gasteiger partial charge < -0.3 is 15.4 Å². The van der Waals surface area contributed by atoms with Crippen LogP contribution >= 0.6 is 0 Å². The predicted molar refractivity (Wildman–Crippen MR) is 98.8 cm³/mol. The van der Waals surface area contributed by atoms with Crippen LogP contribution in [0.1, 0.15) is 35.7 Å². The zero-order valence-corrected chi connectivity index (χ0v) is 16.0. The van der Waals surface area contributed by atoms with E-state index in [1.165, 1.54) is 10.4 Å². The molecule has 2 saturated heterocycles. The molecule has 144 valence electrons. The number of ether oxygens (including phenoxy) is 1. The van der Waals surface area contributed by atoms with Crippen molar-refractivity contribution in [1.82, 2.24) is 14.9 Å². The monoisotopic (exact) mass is 381 g/mol. The van der Waals surface area contributed by atoms with Crippen LogP contribution in [0.5, 0.6) is 0 Å². The number of carbonyl (C=O) groups excluding carboxylic acids is 1. The Morgan fingerprint density at radius 2 is 1.96 bits per heavy atom. The molecule has 0 aliphatic carbocycles. The quantitative estimate of drug-likeness (QED) is 0.786. The summed E-state index contributed by atoms with van der Waals surface area (Å²) in [5.74, 6) is -0.210. The number of hydrogen-bond acceptors (Lipinski definition) is 5. The van der Waals surface area contributed by atoms with E-state index in [1.807, 2.05) is 6.92 Å². The number of sulfonamides is 1. The van der Waals surface area contributed by atoms with Gasteiger partial charge in [0, 0.05) is 24.7 Å². The molecule has 0 spiro atoms. The molecular weight excluding hydrogens is 354 g/mol. The summed E-state index contributed by atoms with van der Waals surface area (Å²) in [7, 11) is -3.63. The van der Waals surface area contributed by atoms with Gasteiger partial charge in [0.25, 0.3) is 5.91 Å². The fraction of sp³-hybridized carbons (Fsp3) is 0.611. The minimum absolute atomic E-state index is 0.133. The van der Waals surface area contributed by atoms with E-state index in [0.717, 1.165) is 31.5 Å². The second kappa shape index (κ2) is 8.47. The number of nitrogens with zero attached hydrogens (tertiary/aromatic N) is 1. The molecule has 7 nitrogen and oxygen atoms in total. The number of amides is 1. The molecular formula is C18H27N3O4S. The van der Waals surface area contributed by atoms with Crippen LogP contribution in [0.4, 0.5) is 0 Å². The second-order valence-electron chi connectivity index (χ2n) is 6.69. The van der Waals surface area contributed by atoms with Gasteiger partial charge in [-0.25, -0.2) is 8.42 Å². The van der Waals surface area contributed by atoms with E-state index in [-0.39, 0.29) is 16.8 Å². The van der Waals surface area contributed by atoms with Crippen molar-refractivity contribution in [2.75, 3.05) is 39.4 Å². The molecule has 3 rings (SSSR count). The molecule has 0 bridgehead atoms. The topological polar surface area (TPSA) is 87.7 Å². The summed E-state index contributed by atoms with van der Waals surface area (Å²) in [5, 5.41) is 6.29. The number of carbonyl (C=O) groups is 1. The van der Waals surface area contributed by atoms with Gasteiger partial charge in [0.15, 0.2) is 0 Å². The molecule has 0 saturated carbocycles. The highest BCUT2D eigenvalue weighted by Gasteiger charge is 2.29. The Morgan fingerprint density at radius 3 is 2.62 bits per heavy atom. The van der Waals surface area contributed by atoms with E-state index in [1.54, 1.807) is 12.1 Å². The zero-order valence-electron chi connectivity index (χ0n) is 15.2. The normalized spacial score (nSPS) is 20.0. The maximum atomic E-state index is 13.1. The Kier molecular flexibility index (Phi) is 6.29. The molecule has 1 aromatic carbocycles. The summed E-state index contributed by atoms with van der Waals surface area (Å²) in [6.45, 7) is 5.18. The number of rotatable bonds is 5. The third-order valence-corrected chi connectivity index (χ3v) is 6.95. The third-order valence-electron chi connectivity index (χ3n) is 4.97. The molecule has 26 heavy (non-hydrogen) atoms. The second-order valence-corrected chi connectivity index (χ2v) is 8.60. The molecule has 2 fully saturated rings. The van der Waals surface area contributed by atoms with Crippen molar-refractivity contribution in [3.63, 3.8) is 0 Å². The fourth-order valence-electron chi connectivity index (χ4n) is 3.39. The van der Waals surface area contributed by atoms with Crippen LogP contribution in [0.25, 0.3) is 0 Å². The molecule has 0 aromatic heterocycles. The molecule has 0 atom stereocenters. The lowest BCUT2D eigenvalue weighted by molar-refractivity contribution is 0.0730. The number of nitrogens with one attached hydrogen (secondary N) is 2. The molecule has 2 aliphatic heterocycles. The lowest BCUT2D eigenvalue weighted by atomic mass is 10.1. The van der Waals surface area contributed by atoms with Gasteiger partial charge in [0.1, 0.15) is 0 Å². The first-order chi connectivity index (χ1) is 12.5. The van der Waals surface area contributed by atoms with Crippen molar-refractivity contribution in [2.24, 2.45) is 0 Å². The van der Waals surface area contributed by atoms with Gasteiger partial charge in [-0.05, 0) is 50.0 Å². The number of hydrogen-bond donors (Lipinski definition) is 2. The van der Waals surface area contributed by atoms with Crippen molar-refractivity contribution >= 4 is 15.9 Å². The molecule has 0 radical (unpaired) electrons. The molecule has 0 unspecified atom stereocenters. The standard InChI is InChI=1S/C18H27N3O4S/c1-2-14-3-4-15(18(22)20-16-5-7-19-8-6-16)13-17(14)26(23,24)21-9-11-25-12-10-21/h3-4,13,16,19H,2,5-12H2,1H3,(H,20,22). The summed E-state index contributed by atoms with van der Waals surface area (Å²) in [4.78, 5) is 12.8. The fourth-order valence-corrected chi connectivity index (χ4v) is 5.12. The highest BCUT2D eigenvalue weighted by Crippen LogP contribution is 2.23. The Bertz CT molecular complexity index is 739. The summed E-state index contributed by atoms with van der Waals surface area (Å²) < 4.78 is 32.8. The maximum Gasteiger partial charge on any atom is 0.251 e. The molecule has 2 N–H and O–H groups in total. The van der Waals surface area contributed by atoms with Gasteiger partial charge in [-0.3, -0.25) is 4.79 Å². The van der Waals surface area contributed by atoms with Gasteiger partial charge in [-0.1, -0.05) is 13.0 Å². The zero-order chi connectivity index (χ0) is 18.6. The van der Waals surface area contributed by atoms with Crippen LogP contribution < -0.4 is 10.6 Å². The number of aryl methyl sites for hydroxylation is 1. The Labute approximate surface area is 155 Å². The Hall–Kier alpha value is -1.48. The smallest absolute Gasteiger partial charge is 0.251 e. The first-order valence-corrected chi connectivity index (χ1v) is 10.7. The SMILES string of the molecule is CCc1ccc(C(=O)NC2CCNCC2)cc1S(=O)(=O)N1CCOCC1. The van der Waals surface area contributed by atoms with Crippen molar-refractivity contribution in [1.29, 1.82) is 0 Å². The van der Waals surface area contributed by atoms with Crippen LogP contribution in [0, 0.1) is 0 Å². The average Bonchev–Trinajstić information content (AvgIpc) is 2.69. The molecule has 8 heteroatoms. The lowest BCUT2D eigenvalue weighted by Crippen LogP contribution is -2.43. The van der Waals surface area contributed by atoms with Crippen LogP contribution in [0.3, 0.4) is 0 Å². The minimum Gasteiger partial charge on any atom is -0.379 e. The predicted octanol–water partition coefficient (Wildman–Crippen LogP) is 0.752. The summed E-state index contributed by atoms with van der Waals surface area (Å²) in [6.07, 6.45) is 2.37. The third kappa shape index (κ3) is 4.25. The van der Waals surface area contributed by atoms with Crippen LogP contribution in [-0.4, -0.2) is 64.1 Å². The summed E-state index contributed by atoms with van der Waals surface area (Å²) in [6, 6.07) is 5.13. The number of benzene rings is 1. The van der Waals surface area contributed by atoms with E-state index in [4.69, 9.17) is 4.74 Å². The van der Waals surface area contributed by atoms with Crippen LogP contribution in [0.2, 0.25) is 0 Å². The highest BCUT2D eigenvalue weighted by atomic mass is 32.2. The van der Waals surface area contributed by atoms with Crippen molar-refractivity contribution < 1.29 is 17.9 Å². The van der Waals surface area contributed by atoms with Gasteiger partial charge in [-0.15, -0.1) is 0 Å². The van der Waals surface area contributed by atoms with Gasteiger partial charge in [0.2, 0.25) is 10.0 Å². The summed E-state index contributed by atoms with van der Waals surface area (Å²) >= 11 is 0. The Balaban J connectivity index is 1.84. The van der Waals surface area contributed by atoms with Crippen LogP contribution in [0.15, 0.2) is 23.1 Å². The largest absolute Gasteiger partial charge is 0.379 e. The first-order valence-electron chi connectivity index (χ1n) is 9.24. The van der Waals surface area contributed by atoms with Crippen molar-refractivity contribution in [3.05, 3.63) is 29.3 Å². The average molecular weight is 381 g/mol. The Morgan fingerprint density at radius 1 is 1.27 bits per heavy atom. The van der Waals surface area contributed by atoms with Crippen molar-refractivity contribution in [3.8, 4) is 0 Å². The van der Waals surface area contributed by atoms with E-state index < -0.39 is 10.0 Å². The van der Waals surface area contributed by atoms with E-state index in [0.29, 0.717) is 38.3 Å². The molecule has 1 aromatic rings. The van der Waals surface area contributed by atoms with Crippen molar-refractivity contribution in [2.45, 2.75) is 37.1 Å². The van der Waals surface area contributed by atoms with Crippen LogP contribution in [-0.2, 0) is 21.2 Å². The number of piperidine rings is 1. The van der Waals surface area contributed by atoms with Gasteiger partial charge >= 0.3 is 0 Å². The van der Waals surface area contributed by atoms with E-state index in [2.05, 4.69) is 10.6 Å². The number of morpholine rings is 1. The minimum atomic E-state index is -3.63. The molecule has 2 heterocycles. The van der Waals surface area contributed by atoms with Gasteiger partial charge in [-0.2, -0.15) is 4.31 Å². The molecule has 2 aliphatic rings. The first kappa shape index (κ1) is 19.3. The van der Waals surface area contributed by atoms with E-state index in [9.17, 15) is 13.2 Å². The highest BCUT2D eigenvalue weighted by molar-refractivity contribution is 7.89. The lowest BCUT2D eigenvalue weighted by Gasteiger charge is -2.27. The maximum absolute atomic E-state index is 13.1.